The van der Waals surface area contributed by atoms with Gasteiger partial charge in [-0.3, -0.25) is 0 Å². The quantitative estimate of drug-likeness (QED) is 0.913. The van der Waals surface area contributed by atoms with E-state index < -0.39 is 0 Å². The van der Waals surface area contributed by atoms with Crippen LogP contribution >= 0.6 is 15.9 Å². The molecule has 1 N–H and O–H groups in total. The summed E-state index contributed by atoms with van der Waals surface area (Å²) in [6.07, 6.45) is 0.426. The molecule has 0 aliphatic heterocycles. The van der Waals surface area contributed by atoms with Gasteiger partial charge in [0, 0.05) is 22.6 Å². The molecule has 0 spiro atoms. The third-order valence-electron chi connectivity index (χ3n) is 2.05. The Kier molecular flexibility index (Phi) is 4.73. The molecule has 1 aromatic carbocycles. The van der Waals surface area contributed by atoms with E-state index in [9.17, 15) is 4.39 Å². The molecule has 0 saturated heterocycles. The first-order valence-corrected chi connectivity index (χ1v) is 5.47. The molecule has 1 unspecified atom stereocenters. The first-order valence-electron chi connectivity index (χ1n) is 4.67. The minimum Gasteiger partial charge on any atom is -0.309 e. The van der Waals surface area contributed by atoms with Gasteiger partial charge in [-0.25, -0.2) is 4.39 Å². The maximum Gasteiger partial charge on any atom is 0.127 e. The highest BCUT2D eigenvalue weighted by molar-refractivity contribution is 9.10. The highest BCUT2D eigenvalue weighted by Crippen LogP contribution is 2.15. The van der Waals surface area contributed by atoms with Crippen LogP contribution in [-0.2, 0) is 6.54 Å². The molecule has 0 aliphatic carbocycles. The molecule has 0 saturated carbocycles. The van der Waals surface area contributed by atoms with Crippen LogP contribution < -0.4 is 5.32 Å². The predicted molar refractivity (Wildman–Crippen MR) is 60.6 cm³/mol. The fourth-order valence-electron chi connectivity index (χ4n) is 1.17. The molecule has 1 atom stereocenters. The number of hydrogen-bond acceptors (Lipinski definition) is 2. The molecule has 15 heavy (non-hydrogen) atoms. The van der Waals surface area contributed by atoms with E-state index in [1.165, 1.54) is 6.07 Å². The third kappa shape index (κ3) is 3.98. The summed E-state index contributed by atoms with van der Waals surface area (Å²) in [4.78, 5) is 0. The lowest BCUT2D eigenvalue weighted by Crippen LogP contribution is -2.25. The van der Waals surface area contributed by atoms with Gasteiger partial charge in [0.15, 0.2) is 0 Å². The van der Waals surface area contributed by atoms with Crippen molar-refractivity contribution < 1.29 is 4.39 Å². The summed E-state index contributed by atoms with van der Waals surface area (Å²) in [7, 11) is 0. The topological polar surface area (TPSA) is 35.8 Å². The fraction of sp³-hybridized carbons (Fsp3) is 0.364. The van der Waals surface area contributed by atoms with Crippen molar-refractivity contribution in [3.63, 3.8) is 0 Å². The van der Waals surface area contributed by atoms with Crippen LogP contribution in [0.25, 0.3) is 0 Å². The summed E-state index contributed by atoms with van der Waals surface area (Å²) < 4.78 is 14.1. The van der Waals surface area contributed by atoms with Crippen LogP contribution in [0, 0.1) is 17.1 Å². The zero-order valence-electron chi connectivity index (χ0n) is 8.43. The number of nitrogens with zero attached hydrogens (tertiary/aromatic N) is 1. The second kappa shape index (κ2) is 5.84. The SMILES string of the molecule is CC(CC#N)NCc1cc(Br)ccc1F. The molecule has 0 bridgehead atoms. The van der Waals surface area contributed by atoms with Gasteiger partial charge in [-0.15, -0.1) is 0 Å². The van der Waals surface area contributed by atoms with Crippen LogP contribution in [0.1, 0.15) is 18.9 Å². The Bertz CT molecular complexity index is 373. The largest absolute Gasteiger partial charge is 0.309 e. The Hall–Kier alpha value is -0.920. The Morgan fingerprint density at radius 2 is 2.33 bits per heavy atom. The summed E-state index contributed by atoms with van der Waals surface area (Å²) in [6, 6.07) is 6.97. The molecule has 0 aliphatic rings. The maximum absolute atomic E-state index is 13.3. The molecule has 1 rings (SSSR count). The van der Waals surface area contributed by atoms with E-state index in [0.717, 1.165) is 4.47 Å². The van der Waals surface area contributed by atoms with Crippen molar-refractivity contribution >= 4 is 15.9 Å². The predicted octanol–water partition coefficient (Wildman–Crippen LogP) is 2.98. The van der Waals surface area contributed by atoms with Gasteiger partial charge in [0.25, 0.3) is 0 Å². The molecule has 80 valence electrons. The molecule has 0 radical (unpaired) electrons. The Balaban J connectivity index is 2.57. The molecule has 0 aromatic heterocycles. The minimum absolute atomic E-state index is 0.0772. The number of nitriles is 1. The van der Waals surface area contributed by atoms with Gasteiger partial charge in [-0.1, -0.05) is 15.9 Å². The molecular formula is C11H12BrFN2. The summed E-state index contributed by atoms with van der Waals surface area (Å²) in [6.45, 7) is 2.34. The zero-order chi connectivity index (χ0) is 11.3. The van der Waals surface area contributed by atoms with E-state index in [4.69, 9.17) is 5.26 Å². The molecule has 0 amide bonds. The fourth-order valence-corrected chi connectivity index (χ4v) is 1.58. The van der Waals surface area contributed by atoms with Crippen LogP contribution in [0.5, 0.6) is 0 Å². The third-order valence-corrected chi connectivity index (χ3v) is 2.54. The summed E-state index contributed by atoms with van der Waals surface area (Å²) in [5.74, 6) is -0.227. The van der Waals surface area contributed by atoms with Gasteiger partial charge < -0.3 is 5.32 Å². The second-order valence-electron chi connectivity index (χ2n) is 3.38. The highest BCUT2D eigenvalue weighted by atomic mass is 79.9. The van der Waals surface area contributed by atoms with E-state index in [2.05, 4.69) is 27.3 Å². The molecule has 1 aromatic rings. The van der Waals surface area contributed by atoms with Crippen molar-refractivity contribution in [1.82, 2.24) is 5.32 Å². The van der Waals surface area contributed by atoms with E-state index in [-0.39, 0.29) is 11.9 Å². The van der Waals surface area contributed by atoms with Crippen LogP contribution in [0.15, 0.2) is 22.7 Å². The first kappa shape index (κ1) is 12.2. The van der Waals surface area contributed by atoms with Crippen molar-refractivity contribution in [3.8, 4) is 6.07 Å². The number of rotatable bonds is 4. The average Bonchev–Trinajstić information content (AvgIpc) is 2.20. The highest BCUT2D eigenvalue weighted by Gasteiger charge is 2.05. The number of halogens is 2. The zero-order valence-corrected chi connectivity index (χ0v) is 10.0. The maximum atomic E-state index is 13.3. The first-order chi connectivity index (χ1) is 7.13. The van der Waals surface area contributed by atoms with E-state index >= 15 is 0 Å². The summed E-state index contributed by atoms with van der Waals surface area (Å²) in [5.41, 5.74) is 0.606. The lowest BCUT2D eigenvalue weighted by atomic mass is 10.2. The van der Waals surface area contributed by atoms with E-state index in [0.29, 0.717) is 18.5 Å². The molecule has 0 heterocycles. The van der Waals surface area contributed by atoms with Crippen LogP contribution in [0.4, 0.5) is 4.39 Å². The number of hydrogen-bond donors (Lipinski definition) is 1. The van der Waals surface area contributed by atoms with Crippen molar-refractivity contribution in [1.29, 1.82) is 5.26 Å². The monoisotopic (exact) mass is 270 g/mol. The standard InChI is InChI=1S/C11H12BrFN2/c1-8(4-5-14)15-7-9-6-10(12)2-3-11(9)13/h2-3,6,8,15H,4,7H2,1H3. The number of nitrogens with one attached hydrogen (secondary N) is 1. The second-order valence-corrected chi connectivity index (χ2v) is 4.30. The normalized spacial score (nSPS) is 12.1. The van der Waals surface area contributed by atoms with Crippen molar-refractivity contribution in [2.24, 2.45) is 0 Å². The van der Waals surface area contributed by atoms with Gasteiger partial charge in [-0.05, 0) is 25.1 Å². The summed E-state index contributed by atoms with van der Waals surface area (Å²) >= 11 is 3.29. The molecule has 4 heteroatoms. The van der Waals surface area contributed by atoms with Crippen LogP contribution in [-0.4, -0.2) is 6.04 Å². The molecule has 0 fully saturated rings. The van der Waals surface area contributed by atoms with Gasteiger partial charge in [-0.2, -0.15) is 5.26 Å². The smallest absolute Gasteiger partial charge is 0.127 e. The van der Waals surface area contributed by atoms with Crippen LogP contribution in [0.2, 0.25) is 0 Å². The van der Waals surface area contributed by atoms with Crippen molar-refractivity contribution in [2.75, 3.05) is 0 Å². The van der Waals surface area contributed by atoms with Gasteiger partial charge >= 0.3 is 0 Å². The lowest BCUT2D eigenvalue weighted by molar-refractivity contribution is 0.533. The van der Waals surface area contributed by atoms with Gasteiger partial charge in [0.05, 0.1) is 12.5 Å². The molecule has 2 nitrogen and oxygen atoms in total. The van der Waals surface area contributed by atoms with Crippen molar-refractivity contribution in [2.45, 2.75) is 25.9 Å². The van der Waals surface area contributed by atoms with E-state index in [1.54, 1.807) is 12.1 Å². The molecular weight excluding hydrogens is 259 g/mol. The van der Waals surface area contributed by atoms with Gasteiger partial charge in [0.1, 0.15) is 5.82 Å². The Morgan fingerprint density at radius 1 is 1.60 bits per heavy atom. The van der Waals surface area contributed by atoms with Crippen molar-refractivity contribution in [3.05, 3.63) is 34.1 Å². The minimum atomic E-state index is -0.227. The lowest BCUT2D eigenvalue weighted by Gasteiger charge is -2.10. The average molecular weight is 271 g/mol. The van der Waals surface area contributed by atoms with Gasteiger partial charge in [0.2, 0.25) is 0 Å². The Labute approximate surface area is 97.2 Å². The van der Waals surface area contributed by atoms with Crippen LogP contribution in [0.3, 0.4) is 0 Å². The Morgan fingerprint density at radius 3 is 3.00 bits per heavy atom. The van der Waals surface area contributed by atoms with E-state index in [1.807, 2.05) is 6.92 Å². The summed E-state index contributed by atoms with van der Waals surface area (Å²) in [5, 5.41) is 11.5. The number of benzene rings is 1.